The predicted octanol–water partition coefficient (Wildman–Crippen LogP) is 3.68. The van der Waals surface area contributed by atoms with Crippen LogP contribution in [-0.4, -0.2) is 29.4 Å². The molecule has 3 heterocycles. The van der Waals surface area contributed by atoms with Crippen LogP contribution in [0.1, 0.15) is 0 Å². The van der Waals surface area contributed by atoms with Crippen molar-refractivity contribution in [1.82, 2.24) is 29.4 Å². The van der Waals surface area contributed by atoms with Crippen LogP contribution in [0.5, 0.6) is 0 Å². The maximum Gasteiger partial charge on any atom is 0.235 e. The summed E-state index contributed by atoms with van der Waals surface area (Å²) in [5, 5.41) is 20.4. The molecule has 0 saturated heterocycles. The number of hydrogen-bond donors (Lipinski definition) is 0. The molecule has 0 bridgehead atoms. The maximum atomic E-state index is 6.03. The molecule has 0 spiro atoms. The van der Waals surface area contributed by atoms with Gasteiger partial charge in [-0.05, 0) is 29.7 Å². The molecule has 0 N–H and O–H groups in total. The van der Waals surface area contributed by atoms with E-state index in [1.54, 1.807) is 22.7 Å². The third-order valence-corrected chi connectivity index (χ3v) is 4.55. The minimum atomic E-state index is 0.536. The molecular weight excluding hydrogens is 351 g/mol. The molecule has 0 aliphatic rings. The minimum Gasteiger partial charge on any atom is -0.182 e. The van der Waals surface area contributed by atoms with Gasteiger partial charge in [-0.15, -0.1) is 15.3 Å². The van der Waals surface area contributed by atoms with E-state index >= 15 is 0 Å². The number of rotatable bonds is 2. The smallest absolute Gasteiger partial charge is 0.182 e. The number of fused-ring (bicyclic) bond motifs is 1. The summed E-state index contributed by atoms with van der Waals surface area (Å²) in [7, 11) is 0. The number of nitrogens with zero attached hydrogens (tertiary/aromatic N) is 6. The van der Waals surface area contributed by atoms with Crippen molar-refractivity contribution in [2.75, 3.05) is 0 Å². The third kappa shape index (κ3) is 2.30. The Morgan fingerprint density at radius 1 is 1.00 bits per heavy atom. The van der Waals surface area contributed by atoms with E-state index in [-0.39, 0.29) is 0 Å². The zero-order chi connectivity index (χ0) is 14.4. The summed E-state index contributed by atoms with van der Waals surface area (Å²) in [4.78, 5) is 0.670. The van der Waals surface area contributed by atoms with Gasteiger partial charge in [0.05, 0.1) is 0 Å². The molecule has 0 unspecified atom stereocenters. The molecular formula is C11H4Cl2N6S2. The van der Waals surface area contributed by atoms with Crippen molar-refractivity contribution in [3.8, 4) is 22.1 Å². The highest BCUT2D eigenvalue weighted by atomic mass is 35.5. The Morgan fingerprint density at radius 2 is 1.81 bits per heavy atom. The van der Waals surface area contributed by atoms with Crippen molar-refractivity contribution in [1.29, 1.82) is 0 Å². The van der Waals surface area contributed by atoms with Gasteiger partial charge in [-0.2, -0.15) is 9.61 Å². The quantitative estimate of drug-likeness (QED) is 0.549. The van der Waals surface area contributed by atoms with Gasteiger partial charge in [-0.1, -0.05) is 39.0 Å². The van der Waals surface area contributed by atoms with E-state index in [2.05, 4.69) is 24.9 Å². The summed E-state index contributed by atoms with van der Waals surface area (Å²) in [5.41, 5.74) is 1.49. The second-order valence-corrected chi connectivity index (χ2v) is 6.51. The minimum absolute atomic E-state index is 0.536. The van der Waals surface area contributed by atoms with Crippen molar-refractivity contribution in [2.45, 2.75) is 0 Å². The number of benzene rings is 1. The Bertz CT molecular complexity index is 909. The second-order valence-electron chi connectivity index (χ2n) is 4.07. The lowest BCUT2D eigenvalue weighted by molar-refractivity contribution is 0.965. The Kier molecular flexibility index (Phi) is 3.11. The lowest BCUT2D eigenvalue weighted by atomic mass is 10.2. The van der Waals surface area contributed by atoms with Crippen LogP contribution in [-0.2, 0) is 0 Å². The van der Waals surface area contributed by atoms with E-state index in [1.807, 2.05) is 5.38 Å². The van der Waals surface area contributed by atoms with E-state index in [1.165, 1.54) is 22.9 Å². The monoisotopic (exact) mass is 354 g/mol. The molecule has 0 atom stereocenters. The van der Waals surface area contributed by atoms with Gasteiger partial charge >= 0.3 is 0 Å². The summed E-state index contributed by atoms with van der Waals surface area (Å²) in [5.74, 6) is 0.583. The largest absolute Gasteiger partial charge is 0.235 e. The second kappa shape index (κ2) is 4.99. The molecule has 6 nitrogen and oxygen atoms in total. The molecule has 0 aliphatic heterocycles. The fourth-order valence-electron chi connectivity index (χ4n) is 1.84. The van der Waals surface area contributed by atoms with Gasteiger partial charge in [0.15, 0.2) is 10.8 Å². The van der Waals surface area contributed by atoms with E-state index in [0.29, 0.717) is 20.8 Å². The van der Waals surface area contributed by atoms with Crippen molar-refractivity contribution in [3.05, 3.63) is 33.6 Å². The SMILES string of the molecule is Clc1cc(Cl)cc(-c2nnc3sc(-c4csnn4)nn23)c1. The van der Waals surface area contributed by atoms with Crippen LogP contribution in [0.25, 0.3) is 27.1 Å². The van der Waals surface area contributed by atoms with Gasteiger partial charge in [0, 0.05) is 21.0 Å². The highest BCUT2D eigenvalue weighted by molar-refractivity contribution is 7.20. The van der Waals surface area contributed by atoms with Gasteiger partial charge in [-0.25, -0.2) is 0 Å². The highest BCUT2D eigenvalue weighted by Crippen LogP contribution is 2.29. The summed E-state index contributed by atoms with van der Waals surface area (Å²) >= 11 is 14.7. The van der Waals surface area contributed by atoms with Crippen LogP contribution >= 0.6 is 46.1 Å². The van der Waals surface area contributed by atoms with Crippen LogP contribution in [0.4, 0.5) is 0 Å². The van der Waals surface area contributed by atoms with Crippen molar-refractivity contribution >= 4 is 51.0 Å². The molecule has 4 rings (SSSR count). The molecule has 1 aromatic carbocycles. The summed E-state index contributed by atoms with van der Waals surface area (Å²) < 4.78 is 5.49. The van der Waals surface area contributed by atoms with E-state index in [4.69, 9.17) is 23.2 Å². The van der Waals surface area contributed by atoms with Crippen LogP contribution in [0.3, 0.4) is 0 Å². The predicted molar refractivity (Wildman–Crippen MR) is 83.0 cm³/mol. The molecule has 104 valence electrons. The van der Waals surface area contributed by atoms with E-state index in [9.17, 15) is 0 Å². The first-order valence-corrected chi connectivity index (χ1v) is 8.08. The summed E-state index contributed by atoms with van der Waals surface area (Å²) in [6.45, 7) is 0. The highest BCUT2D eigenvalue weighted by Gasteiger charge is 2.16. The molecule has 21 heavy (non-hydrogen) atoms. The number of aromatic nitrogens is 6. The molecule has 0 fully saturated rings. The topological polar surface area (TPSA) is 68.9 Å². The van der Waals surface area contributed by atoms with Crippen LogP contribution in [0.2, 0.25) is 10.0 Å². The summed E-state index contributed by atoms with van der Waals surface area (Å²) in [6.07, 6.45) is 0. The number of hydrogen-bond acceptors (Lipinski definition) is 7. The average molecular weight is 355 g/mol. The molecule has 0 saturated carbocycles. The lowest BCUT2D eigenvalue weighted by Crippen LogP contribution is -1.91. The molecule has 0 amide bonds. The van der Waals surface area contributed by atoms with Gasteiger partial charge < -0.3 is 0 Å². The van der Waals surface area contributed by atoms with Crippen LogP contribution in [0, 0.1) is 0 Å². The first-order chi connectivity index (χ1) is 10.2. The van der Waals surface area contributed by atoms with Gasteiger partial charge in [0.1, 0.15) is 5.69 Å². The molecule has 4 aromatic rings. The standard InChI is InChI=1S/C11H4Cl2N6S2/c12-6-1-5(2-7(13)3-6)9-15-16-11-19(9)17-10(21-11)8-4-20-18-14-8/h1-4H. The first kappa shape index (κ1) is 13.1. The van der Waals surface area contributed by atoms with Gasteiger partial charge in [-0.3, -0.25) is 0 Å². The first-order valence-electron chi connectivity index (χ1n) is 5.67. The Hall–Kier alpha value is -1.61. The van der Waals surface area contributed by atoms with Crippen molar-refractivity contribution in [2.24, 2.45) is 0 Å². The molecule has 0 aliphatic carbocycles. The molecule has 10 heteroatoms. The van der Waals surface area contributed by atoms with E-state index < -0.39 is 0 Å². The van der Waals surface area contributed by atoms with Crippen LogP contribution in [0.15, 0.2) is 23.6 Å². The molecule has 0 radical (unpaired) electrons. The lowest BCUT2D eigenvalue weighted by Gasteiger charge is -1.99. The Labute approximate surface area is 136 Å². The fourth-order valence-corrected chi connectivity index (χ4v) is 3.68. The number of halogens is 2. The van der Waals surface area contributed by atoms with Crippen LogP contribution < -0.4 is 0 Å². The molecule has 3 aromatic heterocycles. The van der Waals surface area contributed by atoms with Gasteiger partial charge in [0.25, 0.3) is 0 Å². The third-order valence-electron chi connectivity index (χ3n) is 2.69. The van der Waals surface area contributed by atoms with Gasteiger partial charge in [0.2, 0.25) is 4.96 Å². The summed E-state index contributed by atoms with van der Waals surface area (Å²) in [6, 6.07) is 5.21. The zero-order valence-corrected chi connectivity index (χ0v) is 13.2. The Balaban J connectivity index is 1.89. The maximum absolute atomic E-state index is 6.03. The Morgan fingerprint density at radius 3 is 2.52 bits per heavy atom. The zero-order valence-electron chi connectivity index (χ0n) is 10.1. The average Bonchev–Trinajstić information content (AvgIpc) is 3.13. The van der Waals surface area contributed by atoms with Crippen molar-refractivity contribution in [3.63, 3.8) is 0 Å². The van der Waals surface area contributed by atoms with E-state index in [0.717, 1.165) is 16.3 Å². The normalized spacial score (nSPS) is 11.3. The van der Waals surface area contributed by atoms with Crippen molar-refractivity contribution < 1.29 is 0 Å². The fraction of sp³-hybridized carbons (Fsp3) is 0.